The average molecular weight is 458 g/mol. The lowest BCUT2D eigenvalue weighted by Gasteiger charge is -2.34. The molecule has 3 aromatic heterocycles. The molecular formula is C18H19F5N8O. The highest BCUT2D eigenvalue weighted by Crippen LogP contribution is 2.34. The Hall–Kier alpha value is -3.29. The van der Waals surface area contributed by atoms with E-state index < -0.39 is 47.9 Å². The number of amides is 1. The molecule has 2 atom stereocenters. The first-order valence-electron chi connectivity index (χ1n) is 9.60. The van der Waals surface area contributed by atoms with Gasteiger partial charge in [-0.3, -0.25) is 9.48 Å². The van der Waals surface area contributed by atoms with Gasteiger partial charge in [0, 0.05) is 38.2 Å². The van der Waals surface area contributed by atoms with Gasteiger partial charge in [0.05, 0.1) is 17.4 Å². The number of nitrogens with one attached hydrogen (secondary N) is 2. The smallest absolute Gasteiger partial charge is 0.348 e. The normalized spacial score (nSPS) is 21.0. The van der Waals surface area contributed by atoms with Crippen LogP contribution in [0.5, 0.6) is 0 Å². The van der Waals surface area contributed by atoms with E-state index in [4.69, 9.17) is 5.73 Å². The van der Waals surface area contributed by atoms with E-state index in [1.54, 1.807) is 0 Å². The van der Waals surface area contributed by atoms with Crippen molar-refractivity contribution in [3.63, 3.8) is 0 Å². The first-order valence-corrected chi connectivity index (χ1v) is 9.60. The SMILES string of the molecule is Cn1cc(NC(=O)c2ccc3cnc(N[C@H]4CC(F)(F)CC[C@H]4N)nn23)c(C(F)(F)F)n1. The van der Waals surface area contributed by atoms with Crippen molar-refractivity contribution in [3.8, 4) is 0 Å². The molecule has 1 fully saturated rings. The summed E-state index contributed by atoms with van der Waals surface area (Å²) in [6.07, 6.45) is -3.05. The lowest BCUT2D eigenvalue weighted by molar-refractivity contribution is -0.140. The predicted octanol–water partition coefficient (Wildman–Crippen LogP) is 2.66. The van der Waals surface area contributed by atoms with E-state index in [1.165, 1.54) is 25.4 Å². The Balaban J connectivity index is 1.59. The topological polar surface area (TPSA) is 115 Å². The average Bonchev–Trinajstić information content (AvgIpc) is 3.27. The van der Waals surface area contributed by atoms with Gasteiger partial charge >= 0.3 is 6.18 Å². The fourth-order valence-electron chi connectivity index (χ4n) is 3.59. The standard InChI is InChI=1S/C18H19F5N8O/c1-30-8-12(14(28-30)18(21,22)23)26-15(32)13-3-2-9-7-25-16(29-31(9)13)27-11-6-17(19,20)5-4-10(11)24/h2-3,7-8,10-11H,4-6,24H2,1H3,(H,26,32)(H,27,29)/t10-,11+/m1/s1. The van der Waals surface area contributed by atoms with Crippen molar-refractivity contribution in [1.29, 1.82) is 0 Å². The van der Waals surface area contributed by atoms with E-state index in [-0.39, 0.29) is 24.5 Å². The number of nitrogens with zero attached hydrogens (tertiary/aromatic N) is 5. The number of hydrogen-bond acceptors (Lipinski definition) is 6. The highest BCUT2D eigenvalue weighted by atomic mass is 19.4. The minimum absolute atomic E-state index is 0.0433. The number of aromatic nitrogens is 5. The van der Waals surface area contributed by atoms with Gasteiger partial charge in [0.15, 0.2) is 5.69 Å². The van der Waals surface area contributed by atoms with E-state index in [0.29, 0.717) is 5.52 Å². The molecule has 1 aliphatic carbocycles. The van der Waals surface area contributed by atoms with Gasteiger partial charge in [-0.2, -0.15) is 18.3 Å². The first kappa shape index (κ1) is 21.9. The molecule has 4 rings (SSSR count). The number of hydrogen-bond donors (Lipinski definition) is 3. The molecule has 0 aromatic carbocycles. The molecule has 1 saturated carbocycles. The van der Waals surface area contributed by atoms with Crippen LogP contribution in [-0.4, -0.2) is 48.3 Å². The molecule has 0 spiro atoms. The van der Waals surface area contributed by atoms with Gasteiger partial charge in [0.1, 0.15) is 5.69 Å². The van der Waals surface area contributed by atoms with Crippen LogP contribution in [0.1, 0.15) is 35.4 Å². The summed E-state index contributed by atoms with van der Waals surface area (Å²) < 4.78 is 69.0. The second-order valence-electron chi connectivity index (χ2n) is 7.67. The van der Waals surface area contributed by atoms with Gasteiger partial charge in [-0.1, -0.05) is 0 Å². The lowest BCUT2D eigenvalue weighted by atomic mass is 9.88. The third-order valence-corrected chi connectivity index (χ3v) is 5.17. The van der Waals surface area contributed by atoms with Crippen molar-refractivity contribution < 1.29 is 26.7 Å². The van der Waals surface area contributed by atoms with Crippen LogP contribution >= 0.6 is 0 Å². The van der Waals surface area contributed by atoms with E-state index in [0.717, 1.165) is 15.4 Å². The van der Waals surface area contributed by atoms with Gasteiger partial charge in [0.25, 0.3) is 5.91 Å². The molecule has 0 radical (unpaired) electrons. The molecule has 32 heavy (non-hydrogen) atoms. The van der Waals surface area contributed by atoms with Crippen LogP contribution in [0, 0.1) is 0 Å². The Labute approximate surface area is 177 Å². The summed E-state index contributed by atoms with van der Waals surface area (Å²) in [4.78, 5) is 16.7. The van der Waals surface area contributed by atoms with Crippen molar-refractivity contribution in [2.24, 2.45) is 12.8 Å². The second kappa shape index (κ2) is 7.69. The summed E-state index contributed by atoms with van der Waals surface area (Å²) in [5.41, 5.74) is 4.48. The molecule has 9 nitrogen and oxygen atoms in total. The molecule has 0 bridgehead atoms. The third kappa shape index (κ3) is 4.35. The largest absolute Gasteiger partial charge is 0.437 e. The third-order valence-electron chi connectivity index (χ3n) is 5.17. The summed E-state index contributed by atoms with van der Waals surface area (Å²) in [5.74, 6) is -3.77. The van der Waals surface area contributed by atoms with Crippen molar-refractivity contribution in [1.82, 2.24) is 24.4 Å². The molecule has 4 N–H and O–H groups in total. The van der Waals surface area contributed by atoms with Gasteiger partial charge in [-0.25, -0.2) is 18.3 Å². The van der Waals surface area contributed by atoms with Crippen molar-refractivity contribution in [2.45, 2.75) is 43.4 Å². The Morgan fingerprint density at radius 2 is 2.03 bits per heavy atom. The van der Waals surface area contributed by atoms with Crippen LogP contribution in [-0.2, 0) is 13.2 Å². The molecule has 0 saturated heterocycles. The van der Waals surface area contributed by atoms with Gasteiger partial charge in [-0.05, 0) is 18.6 Å². The minimum atomic E-state index is -4.76. The number of rotatable bonds is 4. The predicted molar refractivity (Wildman–Crippen MR) is 103 cm³/mol. The van der Waals surface area contributed by atoms with Crippen LogP contribution in [0.15, 0.2) is 24.5 Å². The Morgan fingerprint density at radius 3 is 2.75 bits per heavy atom. The van der Waals surface area contributed by atoms with E-state index >= 15 is 0 Å². The Morgan fingerprint density at radius 1 is 1.28 bits per heavy atom. The zero-order chi connectivity index (χ0) is 23.3. The summed E-state index contributed by atoms with van der Waals surface area (Å²) in [7, 11) is 1.29. The minimum Gasteiger partial charge on any atom is -0.348 e. The molecule has 3 aromatic rings. The van der Waals surface area contributed by atoms with Gasteiger partial charge < -0.3 is 16.4 Å². The molecule has 0 unspecified atom stereocenters. The number of carbonyl (C=O) groups excluding carboxylic acids is 1. The molecular weight excluding hydrogens is 439 g/mol. The molecule has 1 aliphatic rings. The fraction of sp³-hybridized carbons (Fsp3) is 0.444. The highest BCUT2D eigenvalue weighted by molar-refractivity contribution is 6.04. The zero-order valence-corrected chi connectivity index (χ0v) is 16.7. The van der Waals surface area contributed by atoms with Gasteiger partial charge in [-0.15, -0.1) is 5.10 Å². The maximum Gasteiger partial charge on any atom is 0.437 e. The number of nitrogens with two attached hydrogens (primary N) is 1. The highest BCUT2D eigenvalue weighted by Gasteiger charge is 2.40. The summed E-state index contributed by atoms with van der Waals surface area (Å²) >= 11 is 0. The van der Waals surface area contributed by atoms with Crippen LogP contribution in [0.3, 0.4) is 0 Å². The van der Waals surface area contributed by atoms with Gasteiger partial charge in [0.2, 0.25) is 11.9 Å². The number of carbonyl (C=O) groups is 1. The van der Waals surface area contributed by atoms with E-state index in [9.17, 15) is 26.7 Å². The maximum atomic E-state index is 13.7. The number of alkyl halides is 5. The molecule has 0 aliphatic heterocycles. The number of halogens is 5. The Bertz CT molecular complexity index is 1150. The van der Waals surface area contributed by atoms with Crippen LogP contribution < -0.4 is 16.4 Å². The first-order chi connectivity index (χ1) is 14.9. The zero-order valence-electron chi connectivity index (χ0n) is 16.7. The fourth-order valence-corrected chi connectivity index (χ4v) is 3.59. The summed E-state index contributed by atoms with van der Waals surface area (Å²) in [5, 5.41) is 12.4. The van der Waals surface area contributed by atoms with Crippen LogP contribution in [0.25, 0.3) is 5.52 Å². The quantitative estimate of drug-likeness (QED) is 0.518. The second-order valence-corrected chi connectivity index (χ2v) is 7.67. The van der Waals surface area contributed by atoms with E-state index in [2.05, 4.69) is 25.8 Å². The van der Waals surface area contributed by atoms with Crippen molar-refractivity contribution in [3.05, 3.63) is 35.9 Å². The monoisotopic (exact) mass is 458 g/mol. The number of fused-ring (bicyclic) bond motifs is 1. The van der Waals surface area contributed by atoms with Crippen molar-refractivity contribution in [2.75, 3.05) is 10.6 Å². The lowest BCUT2D eigenvalue weighted by Crippen LogP contribution is -2.48. The van der Waals surface area contributed by atoms with Crippen LogP contribution in [0.4, 0.5) is 33.6 Å². The molecule has 172 valence electrons. The van der Waals surface area contributed by atoms with Crippen molar-refractivity contribution >= 4 is 23.1 Å². The molecule has 1 amide bonds. The van der Waals surface area contributed by atoms with Crippen LogP contribution in [0.2, 0.25) is 0 Å². The summed E-state index contributed by atoms with van der Waals surface area (Å²) in [6.45, 7) is 0. The maximum absolute atomic E-state index is 13.7. The summed E-state index contributed by atoms with van der Waals surface area (Å²) in [6, 6.07) is 1.53. The number of aryl methyl sites for hydroxylation is 1. The molecule has 3 heterocycles. The Kier molecular flexibility index (Phi) is 5.27. The van der Waals surface area contributed by atoms with E-state index in [1.807, 2.05) is 0 Å². The molecule has 14 heteroatoms. The number of anilines is 2.